The van der Waals surface area contributed by atoms with Crippen LogP contribution >= 0.6 is 0 Å². The Morgan fingerprint density at radius 3 is 2.59 bits per heavy atom. The summed E-state index contributed by atoms with van der Waals surface area (Å²) < 4.78 is 52.1. The lowest BCUT2D eigenvalue weighted by Crippen LogP contribution is -2.14. The number of rotatable bonds is 10. The maximum atomic E-state index is 13.3. The Morgan fingerprint density at radius 1 is 1.12 bits per heavy atom. The van der Waals surface area contributed by atoms with Gasteiger partial charge >= 0.3 is 12.2 Å². The highest BCUT2D eigenvalue weighted by Crippen LogP contribution is 2.33. The molecule has 34 heavy (non-hydrogen) atoms. The van der Waals surface area contributed by atoms with Crippen molar-refractivity contribution in [2.24, 2.45) is 5.92 Å². The third-order valence-electron chi connectivity index (χ3n) is 4.67. The van der Waals surface area contributed by atoms with E-state index in [0.717, 1.165) is 12.1 Å². The molecule has 0 atom stereocenters. The first-order chi connectivity index (χ1) is 16.2. The van der Waals surface area contributed by atoms with Crippen LogP contribution in [0.25, 0.3) is 17.1 Å². The van der Waals surface area contributed by atoms with Crippen LogP contribution in [0.4, 0.5) is 18.9 Å². The van der Waals surface area contributed by atoms with Gasteiger partial charge in [-0.1, -0.05) is 32.0 Å². The van der Waals surface area contributed by atoms with Crippen molar-refractivity contribution >= 4 is 11.6 Å². The van der Waals surface area contributed by atoms with E-state index in [9.17, 15) is 18.0 Å². The summed E-state index contributed by atoms with van der Waals surface area (Å²) in [6.45, 7) is 6.77. The van der Waals surface area contributed by atoms with E-state index in [2.05, 4.69) is 15.4 Å². The van der Waals surface area contributed by atoms with Gasteiger partial charge in [-0.2, -0.15) is 18.2 Å². The van der Waals surface area contributed by atoms with Gasteiger partial charge in [0, 0.05) is 24.3 Å². The minimum Gasteiger partial charge on any atom is -0.460 e. The van der Waals surface area contributed by atoms with E-state index >= 15 is 0 Å². The molecule has 1 heterocycles. The Bertz CT molecular complexity index is 1110. The summed E-state index contributed by atoms with van der Waals surface area (Å²) in [5.41, 5.74) is 0.457. The van der Waals surface area contributed by atoms with E-state index in [0.29, 0.717) is 31.0 Å². The Morgan fingerprint density at radius 2 is 1.88 bits per heavy atom. The number of nitrogens with zero attached hydrogens (tertiary/aromatic N) is 3. The van der Waals surface area contributed by atoms with Crippen molar-refractivity contribution in [3.05, 3.63) is 54.1 Å². The Labute approximate surface area is 195 Å². The zero-order chi connectivity index (χ0) is 24.7. The lowest BCUT2D eigenvalue weighted by Gasteiger charge is -2.11. The highest BCUT2D eigenvalue weighted by atomic mass is 19.4. The highest BCUT2D eigenvalue weighted by Gasteiger charge is 2.31. The molecule has 0 spiro atoms. The molecule has 0 saturated carbocycles. The number of nitrogens with one attached hydrogen (secondary N) is 1. The number of benzene rings is 2. The van der Waals surface area contributed by atoms with Crippen molar-refractivity contribution in [2.75, 3.05) is 25.1 Å². The first-order valence-corrected chi connectivity index (χ1v) is 10.9. The van der Waals surface area contributed by atoms with E-state index in [4.69, 9.17) is 9.47 Å². The van der Waals surface area contributed by atoms with Crippen LogP contribution in [0.2, 0.25) is 0 Å². The molecule has 1 aromatic heterocycles. The first kappa shape index (κ1) is 25.2. The number of amides is 1. The number of aromatic nitrogens is 3. The number of carbonyl (C=O) groups excluding carboxylic acids is 1. The maximum Gasteiger partial charge on any atom is 0.416 e. The summed E-state index contributed by atoms with van der Waals surface area (Å²) in [7, 11) is 0. The zero-order valence-electron chi connectivity index (χ0n) is 19.2. The number of hydrogen-bond acceptors (Lipinski definition) is 5. The Kier molecular flexibility index (Phi) is 8.27. The quantitative estimate of drug-likeness (QED) is 0.399. The summed E-state index contributed by atoms with van der Waals surface area (Å²) in [6, 6.07) is 11.7. The van der Waals surface area contributed by atoms with E-state index < -0.39 is 11.7 Å². The number of halogens is 3. The van der Waals surface area contributed by atoms with Gasteiger partial charge in [-0.3, -0.25) is 4.79 Å². The number of ether oxygens (including phenoxy) is 2. The van der Waals surface area contributed by atoms with Gasteiger partial charge in [0.1, 0.15) is 6.61 Å². The molecule has 0 radical (unpaired) electrons. The Hall–Kier alpha value is -3.40. The van der Waals surface area contributed by atoms with Crippen LogP contribution < -0.4 is 10.1 Å². The smallest absolute Gasteiger partial charge is 0.416 e. The van der Waals surface area contributed by atoms with Gasteiger partial charge in [0.25, 0.3) is 0 Å². The molecule has 0 fully saturated rings. The molecule has 10 heteroatoms. The predicted molar refractivity (Wildman–Crippen MR) is 122 cm³/mol. The third-order valence-corrected chi connectivity index (χ3v) is 4.67. The van der Waals surface area contributed by atoms with Crippen molar-refractivity contribution in [3.8, 4) is 23.1 Å². The fraction of sp³-hybridized carbons (Fsp3) is 0.375. The number of anilines is 1. The highest BCUT2D eigenvalue weighted by molar-refractivity contribution is 5.91. The second kappa shape index (κ2) is 11.1. The SMILES string of the molecule is CCOCCOc1nc(-c2cccc(C(F)(F)F)c2)n(-c2cccc(NC(=O)CC(C)C)c2)n1. The minimum absolute atomic E-state index is 0.00126. The fourth-order valence-corrected chi connectivity index (χ4v) is 3.19. The predicted octanol–water partition coefficient (Wildman–Crippen LogP) is 5.35. The summed E-state index contributed by atoms with van der Waals surface area (Å²) in [5.74, 6) is 0.231. The number of carbonyl (C=O) groups is 1. The van der Waals surface area contributed by atoms with Crippen LogP contribution in [0.15, 0.2) is 48.5 Å². The average Bonchev–Trinajstić information content (AvgIpc) is 3.20. The number of alkyl halides is 3. The van der Waals surface area contributed by atoms with Crippen LogP contribution in [0.1, 0.15) is 32.8 Å². The minimum atomic E-state index is -4.50. The van der Waals surface area contributed by atoms with Crippen molar-refractivity contribution < 1.29 is 27.4 Å². The molecule has 0 aliphatic carbocycles. The van der Waals surface area contributed by atoms with Crippen molar-refractivity contribution in [3.63, 3.8) is 0 Å². The maximum absolute atomic E-state index is 13.3. The van der Waals surface area contributed by atoms with Crippen LogP contribution in [-0.4, -0.2) is 40.5 Å². The molecule has 3 aromatic rings. The molecule has 2 aromatic carbocycles. The summed E-state index contributed by atoms with van der Waals surface area (Å²) >= 11 is 0. The standard InChI is InChI=1S/C24H27F3N4O3/c1-4-33-11-12-34-23-29-22(17-7-5-8-18(14-17)24(25,26)27)31(30-23)20-10-6-9-19(15-20)28-21(32)13-16(2)3/h5-10,14-16H,4,11-13H2,1-3H3,(H,28,32). The van der Waals surface area contributed by atoms with Crippen LogP contribution in [0.3, 0.4) is 0 Å². The topological polar surface area (TPSA) is 78.3 Å². The molecule has 1 amide bonds. The molecule has 182 valence electrons. The van der Waals surface area contributed by atoms with Gasteiger partial charge in [0.05, 0.1) is 17.9 Å². The van der Waals surface area contributed by atoms with E-state index in [1.165, 1.54) is 16.8 Å². The normalized spacial score (nSPS) is 11.6. The van der Waals surface area contributed by atoms with Gasteiger partial charge in [-0.05, 0) is 43.2 Å². The second-order valence-corrected chi connectivity index (χ2v) is 7.95. The molecule has 0 bridgehead atoms. The van der Waals surface area contributed by atoms with Crippen molar-refractivity contribution in [1.82, 2.24) is 14.8 Å². The van der Waals surface area contributed by atoms with Crippen LogP contribution in [0, 0.1) is 5.92 Å². The third kappa shape index (κ3) is 6.80. The first-order valence-electron chi connectivity index (χ1n) is 10.9. The molecular weight excluding hydrogens is 449 g/mol. The van der Waals surface area contributed by atoms with E-state index in [1.807, 2.05) is 20.8 Å². The molecule has 0 aliphatic heterocycles. The number of hydrogen-bond donors (Lipinski definition) is 1. The second-order valence-electron chi connectivity index (χ2n) is 7.95. The summed E-state index contributed by atoms with van der Waals surface area (Å²) in [5, 5.41) is 7.18. The zero-order valence-corrected chi connectivity index (χ0v) is 19.2. The van der Waals surface area contributed by atoms with Gasteiger partial charge < -0.3 is 14.8 Å². The molecule has 0 aliphatic rings. The van der Waals surface area contributed by atoms with E-state index in [-0.39, 0.29) is 35.8 Å². The molecule has 0 saturated heterocycles. The monoisotopic (exact) mass is 476 g/mol. The Balaban J connectivity index is 1.98. The van der Waals surface area contributed by atoms with Gasteiger partial charge in [-0.15, -0.1) is 5.10 Å². The molecule has 3 rings (SSSR count). The molecule has 1 N–H and O–H groups in total. The van der Waals surface area contributed by atoms with Crippen molar-refractivity contribution in [2.45, 2.75) is 33.4 Å². The van der Waals surface area contributed by atoms with Gasteiger partial charge in [-0.25, -0.2) is 4.68 Å². The van der Waals surface area contributed by atoms with Crippen LogP contribution in [0.5, 0.6) is 6.01 Å². The fourth-order valence-electron chi connectivity index (χ4n) is 3.19. The average molecular weight is 476 g/mol. The summed E-state index contributed by atoms with van der Waals surface area (Å²) in [6.07, 6.45) is -4.14. The van der Waals surface area contributed by atoms with Gasteiger partial charge in [0.15, 0.2) is 5.82 Å². The molecule has 0 unspecified atom stereocenters. The van der Waals surface area contributed by atoms with Crippen molar-refractivity contribution in [1.29, 1.82) is 0 Å². The molecule has 7 nitrogen and oxygen atoms in total. The van der Waals surface area contributed by atoms with Crippen LogP contribution in [-0.2, 0) is 15.7 Å². The largest absolute Gasteiger partial charge is 0.460 e. The van der Waals surface area contributed by atoms with E-state index in [1.54, 1.807) is 24.3 Å². The molecular formula is C24H27F3N4O3. The summed E-state index contributed by atoms with van der Waals surface area (Å²) in [4.78, 5) is 16.5. The van der Waals surface area contributed by atoms with Gasteiger partial charge in [0.2, 0.25) is 5.91 Å². The lowest BCUT2D eigenvalue weighted by molar-refractivity contribution is -0.137. The lowest BCUT2D eigenvalue weighted by atomic mass is 10.1.